The third-order valence-corrected chi connectivity index (χ3v) is 3.71. The molecule has 1 aliphatic carbocycles. The minimum atomic E-state index is 0.0756. The Kier molecular flexibility index (Phi) is 3.99. The molecule has 0 aromatic rings. The fraction of sp³-hybridized carbons (Fsp3) is 0.769. The van der Waals surface area contributed by atoms with Crippen molar-refractivity contribution in [2.24, 2.45) is 5.92 Å². The van der Waals surface area contributed by atoms with Crippen LogP contribution >= 0.6 is 0 Å². The number of aliphatic hydroxyl groups excluding tert-OH is 1. The number of amides is 1. The first-order chi connectivity index (χ1) is 7.81. The zero-order valence-electron chi connectivity index (χ0n) is 9.77. The number of nitrogens with zero attached hydrogens (tertiary/aromatic N) is 1. The topological polar surface area (TPSA) is 40.5 Å². The summed E-state index contributed by atoms with van der Waals surface area (Å²) in [5, 5.41) is 9.26. The van der Waals surface area contributed by atoms with Gasteiger partial charge in [-0.1, -0.05) is 12.2 Å². The van der Waals surface area contributed by atoms with Crippen LogP contribution in [-0.2, 0) is 4.79 Å². The van der Waals surface area contributed by atoms with Crippen molar-refractivity contribution in [2.45, 2.75) is 44.6 Å². The maximum absolute atomic E-state index is 12.1. The van der Waals surface area contributed by atoms with Crippen molar-refractivity contribution >= 4 is 5.91 Å². The van der Waals surface area contributed by atoms with E-state index in [4.69, 9.17) is 0 Å². The Labute approximate surface area is 97.1 Å². The second-order valence-corrected chi connectivity index (χ2v) is 4.89. The molecule has 90 valence electrons. The molecule has 3 heteroatoms. The van der Waals surface area contributed by atoms with Gasteiger partial charge >= 0.3 is 0 Å². The molecule has 0 saturated carbocycles. The first kappa shape index (κ1) is 11.6. The number of aliphatic hydroxyl groups is 1. The summed E-state index contributed by atoms with van der Waals surface area (Å²) in [7, 11) is 0. The molecule has 2 aliphatic rings. The van der Waals surface area contributed by atoms with E-state index in [0.29, 0.717) is 12.3 Å². The molecule has 2 unspecified atom stereocenters. The highest BCUT2D eigenvalue weighted by Crippen LogP contribution is 2.24. The minimum Gasteiger partial charge on any atom is -0.394 e. The fourth-order valence-electron chi connectivity index (χ4n) is 2.73. The van der Waals surface area contributed by atoms with Crippen LogP contribution in [0.4, 0.5) is 0 Å². The predicted octanol–water partition coefficient (Wildman–Crippen LogP) is 1.72. The Morgan fingerprint density at radius 1 is 1.38 bits per heavy atom. The molecular formula is C13H21NO2. The number of carbonyl (C=O) groups is 1. The average molecular weight is 223 g/mol. The summed E-state index contributed by atoms with van der Waals surface area (Å²) in [6, 6.07) is 0.0756. The van der Waals surface area contributed by atoms with E-state index in [-0.39, 0.29) is 18.6 Å². The number of carbonyl (C=O) groups excluding carboxylic acids is 1. The van der Waals surface area contributed by atoms with Gasteiger partial charge < -0.3 is 10.0 Å². The van der Waals surface area contributed by atoms with Gasteiger partial charge in [0.1, 0.15) is 0 Å². The van der Waals surface area contributed by atoms with Crippen LogP contribution in [0.5, 0.6) is 0 Å². The van der Waals surface area contributed by atoms with Crippen LogP contribution in [0, 0.1) is 5.92 Å². The lowest BCUT2D eigenvalue weighted by molar-refractivity contribution is -0.136. The van der Waals surface area contributed by atoms with Crippen LogP contribution in [0.2, 0.25) is 0 Å². The summed E-state index contributed by atoms with van der Waals surface area (Å²) in [6.07, 6.45) is 10.4. The SMILES string of the molecule is O=C(CC1C=CCC1)N1CCCCC1CO. The Bertz CT molecular complexity index is 275. The Morgan fingerprint density at radius 2 is 2.25 bits per heavy atom. The maximum atomic E-state index is 12.1. The molecule has 1 saturated heterocycles. The molecule has 2 rings (SSSR count). The van der Waals surface area contributed by atoms with E-state index in [9.17, 15) is 9.90 Å². The molecule has 0 spiro atoms. The van der Waals surface area contributed by atoms with Gasteiger partial charge in [0.05, 0.1) is 12.6 Å². The van der Waals surface area contributed by atoms with Gasteiger partial charge in [-0.2, -0.15) is 0 Å². The lowest BCUT2D eigenvalue weighted by Gasteiger charge is -2.35. The van der Waals surface area contributed by atoms with Crippen molar-refractivity contribution in [3.8, 4) is 0 Å². The third kappa shape index (κ3) is 2.64. The number of hydrogen-bond donors (Lipinski definition) is 1. The molecule has 1 aliphatic heterocycles. The largest absolute Gasteiger partial charge is 0.394 e. The standard InChI is InChI=1S/C13H21NO2/c15-10-12-7-3-4-8-14(12)13(16)9-11-5-1-2-6-11/h1,5,11-12,15H,2-4,6-10H2. The predicted molar refractivity (Wildman–Crippen MR) is 62.9 cm³/mol. The molecule has 0 radical (unpaired) electrons. The van der Waals surface area contributed by atoms with Crippen molar-refractivity contribution in [1.29, 1.82) is 0 Å². The zero-order chi connectivity index (χ0) is 11.4. The molecular weight excluding hydrogens is 202 g/mol. The molecule has 1 heterocycles. The molecule has 0 bridgehead atoms. The van der Waals surface area contributed by atoms with E-state index in [1.165, 1.54) is 0 Å². The smallest absolute Gasteiger partial charge is 0.223 e. The van der Waals surface area contributed by atoms with Gasteiger partial charge in [-0.3, -0.25) is 4.79 Å². The normalized spacial score (nSPS) is 29.7. The zero-order valence-corrected chi connectivity index (χ0v) is 9.77. The second kappa shape index (κ2) is 5.48. The molecule has 2 atom stereocenters. The number of hydrogen-bond acceptors (Lipinski definition) is 2. The number of likely N-dealkylation sites (tertiary alicyclic amines) is 1. The molecule has 0 aromatic heterocycles. The van der Waals surface area contributed by atoms with Crippen molar-refractivity contribution in [2.75, 3.05) is 13.2 Å². The molecule has 16 heavy (non-hydrogen) atoms. The number of piperidine rings is 1. The summed E-state index contributed by atoms with van der Waals surface area (Å²) in [5.74, 6) is 0.670. The molecule has 0 aromatic carbocycles. The number of allylic oxidation sites excluding steroid dienone is 2. The first-order valence-corrected chi connectivity index (χ1v) is 6.38. The Morgan fingerprint density at radius 3 is 2.94 bits per heavy atom. The van der Waals surface area contributed by atoms with Gasteiger partial charge in [-0.15, -0.1) is 0 Å². The molecule has 1 N–H and O–H groups in total. The summed E-state index contributed by atoms with van der Waals surface area (Å²) < 4.78 is 0. The highest BCUT2D eigenvalue weighted by atomic mass is 16.3. The van der Waals surface area contributed by atoms with Crippen molar-refractivity contribution in [3.05, 3.63) is 12.2 Å². The summed E-state index contributed by atoms with van der Waals surface area (Å²) in [4.78, 5) is 14.0. The van der Waals surface area contributed by atoms with Crippen molar-refractivity contribution in [1.82, 2.24) is 4.90 Å². The van der Waals surface area contributed by atoms with Gasteiger partial charge in [0, 0.05) is 13.0 Å². The fourth-order valence-corrected chi connectivity index (χ4v) is 2.73. The molecule has 1 amide bonds. The Balaban J connectivity index is 1.88. The molecule has 1 fully saturated rings. The third-order valence-electron chi connectivity index (χ3n) is 3.71. The lowest BCUT2D eigenvalue weighted by atomic mass is 9.99. The lowest BCUT2D eigenvalue weighted by Crippen LogP contribution is -2.46. The van der Waals surface area contributed by atoms with Gasteiger partial charge in [-0.25, -0.2) is 0 Å². The molecule has 3 nitrogen and oxygen atoms in total. The van der Waals surface area contributed by atoms with Crippen LogP contribution in [0.3, 0.4) is 0 Å². The highest BCUT2D eigenvalue weighted by molar-refractivity contribution is 5.77. The summed E-state index contributed by atoms with van der Waals surface area (Å²) >= 11 is 0. The summed E-state index contributed by atoms with van der Waals surface area (Å²) in [6.45, 7) is 0.951. The van der Waals surface area contributed by atoms with Crippen LogP contribution in [0.25, 0.3) is 0 Å². The quantitative estimate of drug-likeness (QED) is 0.740. The van der Waals surface area contributed by atoms with E-state index >= 15 is 0 Å². The van der Waals surface area contributed by atoms with Gasteiger partial charge in [0.15, 0.2) is 0 Å². The van der Waals surface area contributed by atoms with E-state index in [1.807, 2.05) is 4.90 Å². The average Bonchev–Trinajstić information content (AvgIpc) is 2.81. The van der Waals surface area contributed by atoms with Crippen molar-refractivity contribution < 1.29 is 9.90 Å². The van der Waals surface area contributed by atoms with Gasteiger partial charge in [-0.05, 0) is 38.0 Å². The monoisotopic (exact) mass is 223 g/mol. The van der Waals surface area contributed by atoms with Gasteiger partial charge in [0.2, 0.25) is 5.91 Å². The first-order valence-electron chi connectivity index (χ1n) is 6.38. The van der Waals surface area contributed by atoms with Crippen LogP contribution in [-0.4, -0.2) is 35.1 Å². The summed E-state index contributed by atoms with van der Waals surface area (Å²) in [5.41, 5.74) is 0. The maximum Gasteiger partial charge on any atom is 0.223 e. The van der Waals surface area contributed by atoms with Crippen LogP contribution in [0.15, 0.2) is 12.2 Å². The van der Waals surface area contributed by atoms with E-state index in [0.717, 1.165) is 38.6 Å². The van der Waals surface area contributed by atoms with E-state index in [1.54, 1.807) is 0 Å². The second-order valence-electron chi connectivity index (χ2n) is 4.89. The van der Waals surface area contributed by atoms with Gasteiger partial charge in [0.25, 0.3) is 0 Å². The van der Waals surface area contributed by atoms with E-state index in [2.05, 4.69) is 12.2 Å². The van der Waals surface area contributed by atoms with Crippen LogP contribution < -0.4 is 0 Å². The number of rotatable bonds is 3. The van der Waals surface area contributed by atoms with Crippen molar-refractivity contribution in [3.63, 3.8) is 0 Å². The van der Waals surface area contributed by atoms with Crippen LogP contribution in [0.1, 0.15) is 38.5 Å². The van der Waals surface area contributed by atoms with E-state index < -0.39 is 0 Å². The Hall–Kier alpha value is -0.830. The minimum absolute atomic E-state index is 0.0756. The highest BCUT2D eigenvalue weighted by Gasteiger charge is 2.27.